The number of fused-ring (bicyclic) bond motifs is 1. The molecule has 0 fully saturated rings. The van der Waals surface area contributed by atoms with Gasteiger partial charge in [0, 0.05) is 24.2 Å². The van der Waals surface area contributed by atoms with Gasteiger partial charge in [-0.05, 0) is 24.5 Å². The van der Waals surface area contributed by atoms with E-state index in [1.165, 1.54) is 16.7 Å². The molecule has 0 amide bonds. The quantitative estimate of drug-likeness (QED) is 0.880. The van der Waals surface area contributed by atoms with E-state index in [1.54, 1.807) is 0 Å². The Morgan fingerprint density at radius 2 is 1.95 bits per heavy atom. The molecule has 0 aromatic heterocycles. The molecule has 19 heavy (non-hydrogen) atoms. The van der Waals surface area contributed by atoms with Crippen LogP contribution in [0.25, 0.3) is 0 Å². The van der Waals surface area contributed by atoms with Gasteiger partial charge in [-0.15, -0.1) is 0 Å². The summed E-state index contributed by atoms with van der Waals surface area (Å²) in [5.41, 5.74) is 5.91. The molecule has 2 aromatic carbocycles. The minimum absolute atomic E-state index is 0.441. The van der Waals surface area contributed by atoms with E-state index in [0.717, 1.165) is 24.2 Å². The average molecular weight is 253 g/mol. The molecular formula is C17H19NO. The molecule has 98 valence electrons. The van der Waals surface area contributed by atoms with E-state index in [1.807, 2.05) is 12.1 Å². The van der Waals surface area contributed by atoms with Crippen LogP contribution in [-0.2, 0) is 12.8 Å². The Labute approximate surface area is 114 Å². The van der Waals surface area contributed by atoms with Crippen LogP contribution in [0, 0.1) is 6.92 Å². The zero-order chi connectivity index (χ0) is 13.2. The van der Waals surface area contributed by atoms with E-state index in [9.17, 15) is 5.11 Å². The first-order valence-electron chi connectivity index (χ1n) is 6.83. The molecule has 0 spiro atoms. The molecule has 0 aliphatic carbocycles. The molecule has 2 N–H and O–H groups in total. The van der Waals surface area contributed by atoms with Gasteiger partial charge in [-0.25, -0.2) is 0 Å². The lowest BCUT2D eigenvalue weighted by Crippen LogP contribution is -2.05. The number of hydrogen-bond donors (Lipinski definition) is 2. The first-order chi connectivity index (χ1) is 9.24. The average Bonchev–Trinajstić information content (AvgIpc) is 2.89. The monoisotopic (exact) mass is 253 g/mol. The minimum atomic E-state index is -0.441. The molecule has 2 heteroatoms. The number of para-hydroxylation sites is 1. The fraction of sp³-hybridized carbons (Fsp3) is 0.294. The smallest absolute Gasteiger partial charge is 0.0850 e. The summed E-state index contributed by atoms with van der Waals surface area (Å²) in [6, 6.07) is 14.6. The molecule has 1 unspecified atom stereocenters. The molecular weight excluding hydrogens is 234 g/mol. The number of nitrogens with one attached hydrogen (secondary N) is 1. The Balaban J connectivity index is 1.83. The van der Waals surface area contributed by atoms with Crippen LogP contribution in [0.15, 0.2) is 42.5 Å². The second-order valence-electron chi connectivity index (χ2n) is 5.26. The minimum Gasteiger partial charge on any atom is -0.388 e. The number of aliphatic hydroxyl groups excluding tert-OH is 1. The Morgan fingerprint density at radius 3 is 2.74 bits per heavy atom. The third kappa shape index (κ3) is 2.49. The molecule has 2 aromatic rings. The predicted molar refractivity (Wildman–Crippen MR) is 78.5 cm³/mol. The van der Waals surface area contributed by atoms with Gasteiger partial charge >= 0.3 is 0 Å². The van der Waals surface area contributed by atoms with Crippen molar-refractivity contribution >= 4 is 5.69 Å². The SMILES string of the molecule is Cc1ccc(CC(O)c2cccc3c2NCC3)cc1. The molecule has 3 rings (SSSR count). The Morgan fingerprint density at radius 1 is 1.16 bits per heavy atom. The van der Waals surface area contributed by atoms with E-state index in [0.29, 0.717) is 6.42 Å². The lowest BCUT2D eigenvalue weighted by Gasteiger charge is -2.15. The maximum Gasteiger partial charge on any atom is 0.0850 e. The van der Waals surface area contributed by atoms with E-state index in [-0.39, 0.29) is 0 Å². The first kappa shape index (κ1) is 12.2. The van der Waals surface area contributed by atoms with Crippen LogP contribution in [0.5, 0.6) is 0 Å². The van der Waals surface area contributed by atoms with E-state index < -0.39 is 6.10 Å². The number of rotatable bonds is 3. The lowest BCUT2D eigenvalue weighted by atomic mass is 9.97. The fourth-order valence-corrected chi connectivity index (χ4v) is 2.70. The maximum atomic E-state index is 10.5. The summed E-state index contributed by atoms with van der Waals surface area (Å²) in [4.78, 5) is 0. The highest BCUT2D eigenvalue weighted by Gasteiger charge is 2.18. The lowest BCUT2D eigenvalue weighted by molar-refractivity contribution is 0.179. The molecule has 1 heterocycles. The van der Waals surface area contributed by atoms with Crippen LogP contribution in [-0.4, -0.2) is 11.7 Å². The number of aliphatic hydroxyl groups is 1. The molecule has 0 radical (unpaired) electrons. The number of benzene rings is 2. The molecule has 0 saturated carbocycles. The van der Waals surface area contributed by atoms with Crippen molar-refractivity contribution in [3.05, 3.63) is 64.7 Å². The van der Waals surface area contributed by atoms with Crippen molar-refractivity contribution in [2.24, 2.45) is 0 Å². The Bertz CT molecular complexity index is 574. The van der Waals surface area contributed by atoms with E-state index in [2.05, 4.69) is 42.6 Å². The van der Waals surface area contributed by atoms with Crippen molar-refractivity contribution in [2.45, 2.75) is 25.9 Å². The van der Waals surface area contributed by atoms with Crippen LogP contribution in [0.3, 0.4) is 0 Å². The van der Waals surface area contributed by atoms with Gasteiger partial charge in [-0.2, -0.15) is 0 Å². The zero-order valence-corrected chi connectivity index (χ0v) is 11.2. The molecule has 0 bridgehead atoms. The van der Waals surface area contributed by atoms with Crippen molar-refractivity contribution in [3.8, 4) is 0 Å². The van der Waals surface area contributed by atoms with Crippen molar-refractivity contribution < 1.29 is 5.11 Å². The summed E-state index contributed by atoms with van der Waals surface area (Å²) in [6.07, 6.45) is 1.28. The van der Waals surface area contributed by atoms with Crippen LogP contribution in [0.1, 0.15) is 28.4 Å². The van der Waals surface area contributed by atoms with Crippen molar-refractivity contribution in [1.29, 1.82) is 0 Å². The molecule has 0 saturated heterocycles. The van der Waals surface area contributed by atoms with Gasteiger partial charge in [0.2, 0.25) is 0 Å². The number of hydrogen-bond acceptors (Lipinski definition) is 2. The van der Waals surface area contributed by atoms with Crippen molar-refractivity contribution in [1.82, 2.24) is 0 Å². The van der Waals surface area contributed by atoms with Gasteiger partial charge < -0.3 is 10.4 Å². The fourth-order valence-electron chi connectivity index (χ4n) is 2.70. The third-order valence-electron chi connectivity index (χ3n) is 3.79. The van der Waals surface area contributed by atoms with Gasteiger partial charge in [0.1, 0.15) is 0 Å². The summed E-state index contributed by atoms with van der Waals surface area (Å²) >= 11 is 0. The van der Waals surface area contributed by atoms with Gasteiger partial charge in [-0.3, -0.25) is 0 Å². The Kier molecular flexibility index (Phi) is 3.26. The third-order valence-corrected chi connectivity index (χ3v) is 3.79. The summed E-state index contributed by atoms with van der Waals surface area (Å²) in [5.74, 6) is 0. The normalized spacial score (nSPS) is 14.8. The highest BCUT2D eigenvalue weighted by atomic mass is 16.3. The summed E-state index contributed by atoms with van der Waals surface area (Å²) in [5, 5.41) is 13.9. The van der Waals surface area contributed by atoms with Gasteiger partial charge in [0.25, 0.3) is 0 Å². The highest BCUT2D eigenvalue weighted by Crippen LogP contribution is 2.32. The first-order valence-corrected chi connectivity index (χ1v) is 6.83. The summed E-state index contributed by atoms with van der Waals surface area (Å²) in [7, 11) is 0. The summed E-state index contributed by atoms with van der Waals surface area (Å²) < 4.78 is 0. The van der Waals surface area contributed by atoms with E-state index in [4.69, 9.17) is 0 Å². The number of aryl methyl sites for hydroxylation is 1. The topological polar surface area (TPSA) is 32.3 Å². The summed E-state index contributed by atoms with van der Waals surface area (Å²) in [6.45, 7) is 3.05. The van der Waals surface area contributed by atoms with Gasteiger partial charge in [0.05, 0.1) is 6.10 Å². The largest absolute Gasteiger partial charge is 0.388 e. The predicted octanol–water partition coefficient (Wildman–Crippen LogP) is 3.24. The van der Waals surface area contributed by atoms with Crippen LogP contribution < -0.4 is 5.32 Å². The van der Waals surface area contributed by atoms with Gasteiger partial charge in [0.15, 0.2) is 0 Å². The van der Waals surface area contributed by atoms with Crippen LogP contribution in [0.4, 0.5) is 5.69 Å². The van der Waals surface area contributed by atoms with Crippen molar-refractivity contribution in [3.63, 3.8) is 0 Å². The Hall–Kier alpha value is -1.80. The second-order valence-corrected chi connectivity index (χ2v) is 5.26. The maximum absolute atomic E-state index is 10.5. The molecule has 1 aliphatic rings. The van der Waals surface area contributed by atoms with E-state index >= 15 is 0 Å². The van der Waals surface area contributed by atoms with Crippen LogP contribution >= 0.6 is 0 Å². The van der Waals surface area contributed by atoms with Crippen molar-refractivity contribution in [2.75, 3.05) is 11.9 Å². The highest BCUT2D eigenvalue weighted by molar-refractivity contribution is 5.62. The zero-order valence-electron chi connectivity index (χ0n) is 11.2. The number of anilines is 1. The molecule has 1 atom stereocenters. The molecule has 1 aliphatic heterocycles. The van der Waals surface area contributed by atoms with Gasteiger partial charge in [-0.1, -0.05) is 48.0 Å². The standard InChI is InChI=1S/C17H19NO/c1-12-5-7-13(8-6-12)11-16(19)15-4-2-3-14-9-10-18-17(14)15/h2-8,16,18-19H,9-11H2,1H3. The molecule has 2 nitrogen and oxygen atoms in total. The second kappa shape index (κ2) is 5.06. The van der Waals surface area contributed by atoms with Crippen LogP contribution in [0.2, 0.25) is 0 Å².